The second kappa shape index (κ2) is 4.61. The first-order chi connectivity index (χ1) is 9.13. The second-order valence-corrected chi connectivity index (χ2v) is 5.67. The molecule has 3 rings (SSSR count). The number of aromatic nitrogens is 2. The lowest BCUT2D eigenvalue weighted by molar-refractivity contribution is -0.122. The average Bonchev–Trinajstić information content (AvgIpc) is 2.82. The summed E-state index contributed by atoms with van der Waals surface area (Å²) in [6, 6.07) is 0. The van der Waals surface area contributed by atoms with Gasteiger partial charge < -0.3 is 5.32 Å². The fraction of sp³-hybridized carbons (Fsp3) is 0.364. The summed E-state index contributed by atoms with van der Waals surface area (Å²) >= 11 is 0. The molecule has 0 aromatic carbocycles. The summed E-state index contributed by atoms with van der Waals surface area (Å²) in [5.41, 5.74) is 0.536. The Bertz CT molecular complexity index is 603. The topological polar surface area (TPSA) is 93.1 Å². The molecule has 1 aromatic rings. The molecule has 1 aliphatic heterocycles. The summed E-state index contributed by atoms with van der Waals surface area (Å²) in [5.74, 6) is -0.336. The van der Waals surface area contributed by atoms with Crippen molar-refractivity contribution < 1.29 is 13.8 Å². The molecule has 1 atom stereocenters. The summed E-state index contributed by atoms with van der Waals surface area (Å²) in [5, 5.41) is 7.01. The third-order valence-electron chi connectivity index (χ3n) is 3.19. The lowest BCUT2D eigenvalue weighted by Gasteiger charge is -2.23. The van der Waals surface area contributed by atoms with Crippen LogP contribution < -0.4 is 10.0 Å². The maximum atomic E-state index is 11.8. The molecular weight excluding hydrogens is 268 g/mol. The van der Waals surface area contributed by atoms with Crippen LogP contribution in [0.3, 0.4) is 0 Å². The van der Waals surface area contributed by atoms with Crippen molar-refractivity contribution in [3.63, 3.8) is 0 Å². The normalized spacial score (nSPS) is 22.6. The molecule has 1 unspecified atom stereocenters. The van der Waals surface area contributed by atoms with E-state index in [1.54, 1.807) is 6.20 Å². The molecule has 0 radical (unpaired) electrons. The highest BCUT2D eigenvalue weighted by Crippen LogP contribution is 2.27. The number of carbonyl (C=O) groups is 2. The minimum absolute atomic E-state index is 0.0125. The lowest BCUT2D eigenvalue weighted by Crippen LogP contribution is -2.27. The van der Waals surface area contributed by atoms with E-state index in [-0.39, 0.29) is 16.9 Å². The van der Waals surface area contributed by atoms with E-state index in [4.69, 9.17) is 0 Å². The predicted molar refractivity (Wildman–Crippen MR) is 68.8 cm³/mol. The zero-order valence-electron chi connectivity index (χ0n) is 9.96. The van der Waals surface area contributed by atoms with Crippen molar-refractivity contribution in [1.29, 1.82) is 0 Å². The van der Waals surface area contributed by atoms with Gasteiger partial charge in [0.05, 0.1) is 18.1 Å². The third kappa shape index (κ3) is 2.30. The minimum atomic E-state index is -1.59. The van der Waals surface area contributed by atoms with Crippen LogP contribution in [0.25, 0.3) is 5.03 Å². The van der Waals surface area contributed by atoms with Gasteiger partial charge in [-0.25, -0.2) is 8.89 Å². The van der Waals surface area contributed by atoms with Crippen LogP contribution in [0, 0.1) is 5.92 Å². The summed E-state index contributed by atoms with van der Waals surface area (Å²) in [6.45, 7) is 0. The van der Waals surface area contributed by atoms with Crippen LogP contribution in [-0.2, 0) is 20.6 Å². The van der Waals surface area contributed by atoms with E-state index in [0.29, 0.717) is 5.69 Å². The van der Waals surface area contributed by atoms with Crippen LogP contribution in [0.2, 0.25) is 0 Å². The van der Waals surface area contributed by atoms with Gasteiger partial charge in [-0.3, -0.25) is 14.3 Å². The van der Waals surface area contributed by atoms with E-state index in [0.717, 1.165) is 19.3 Å². The van der Waals surface area contributed by atoms with Gasteiger partial charge >= 0.3 is 0 Å². The fourth-order valence-corrected chi connectivity index (χ4v) is 2.74. The number of rotatable bonds is 3. The number of amides is 2. The van der Waals surface area contributed by atoms with Gasteiger partial charge in [-0.15, -0.1) is 0 Å². The maximum absolute atomic E-state index is 11.8. The Morgan fingerprint density at radius 3 is 2.89 bits per heavy atom. The first-order valence-electron chi connectivity index (χ1n) is 5.93. The van der Waals surface area contributed by atoms with E-state index in [9.17, 15) is 13.8 Å². The summed E-state index contributed by atoms with van der Waals surface area (Å²) in [6.07, 6.45) is 7.18. The largest absolute Gasteiger partial charge is 0.323 e. The highest BCUT2D eigenvalue weighted by molar-refractivity contribution is 7.93. The molecule has 1 aliphatic carbocycles. The van der Waals surface area contributed by atoms with Crippen molar-refractivity contribution in [2.24, 2.45) is 5.92 Å². The highest BCUT2D eigenvalue weighted by Gasteiger charge is 2.26. The fourth-order valence-electron chi connectivity index (χ4n) is 1.91. The highest BCUT2D eigenvalue weighted by atomic mass is 32.2. The molecule has 0 bridgehead atoms. The van der Waals surface area contributed by atoms with E-state index in [2.05, 4.69) is 15.1 Å². The molecular formula is C11H12N4O3S. The zero-order chi connectivity index (χ0) is 13.4. The van der Waals surface area contributed by atoms with Gasteiger partial charge in [0.25, 0.3) is 5.91 Å². The standard InChI is InChI=1S/C11H12N4O3S/c16-9-4-10(19(18)14-9)15-6-8(5-12-15)13-11(17)7-2-1-3-7/h4-7H,1-3H2,(H,13,17)(H,14,16). The van der Waals surface area contributed by atoms with Crippen LogP contribution >= 0.6 is 0 Å². The smallest absolute Gasteiger partial charge is 0.258 e. The summed E-state index contributed by atoms with van der Waals surface area (Å²) in [4.78, 5) is 22.8. The Morgan fingerprint density at radius 2 is 2.32 bits per heavy atom. The number of hydrogen-bond donors (Lipinski definition) is 2. The Hall–Kier alpha value is -1.96. The van der Waals surface area contributed by atoms with Crippen LogP contribution in [-0.4, -0.2) is 25.8 Å². The maximum Gasteiger partial charge on any atom is 0.258 e. The van der Waals surface area contributed by atoms with Gasteiger partial charge in [0.1, 0.15) is 0 Å². The molecule has 2 amide bonds. The van der Waals surface area contributed by atoms with E-state index >= 15 is 0 Å². The number of nitrogens with zero attached hydrogens (tertiary/aromatic N) is 2. The van der Waals surface area contributed by atoms with Gasteiger partial charge in [0, 0.05) is 12.0 Å². The molecule has 7 nitrogen and oxygen atoms in total. The quantitative estimate of drug-likeness (QED) is 0.828. The summed E-state index contributed by atoms with van der Waals surface area (Å²) in [7, 11) is -1.59. The molecule has 19 heavy (non-hydrogen) atoms. The van der Waals surface area contributed by atoms with Crippen LogP contribution in [0.4, 0.5) is 5.69 Å². The first-order valence-corrected chi connectivity index (χ1v) is 7.08. The van der Waals surface area contributed by atoms with Crippen molar-refractivity contribution in [3.8, 4) is 0 Å². The summed E-state index contributed by atoms with van der Waals surface area (Å²) < 4.78 is 15.1. The second-order valence-electron chi connectivity index (χ2n) is 4.51. The van der Waals surface area contributed by atoms with Crippen LogP contribution in [0.15, 0.2) is 18.5 Å². The van der Waals surface area contributed by atoms with Crippen LogP contribution in [0.5, 0.6) is 0 Å². The van der Waals surface area contributed by atoms with Gasteiger partial charge in [-0.05, 0) is 12.8 Å². The molecule has 0 saturated heterocycles. The molecule has 2 N–H and O–H groups in total. The number of carbonyl (C=O) groups excluding carboxylic acids is 2. The zero-order valence-corrected chi connectivity index (χ0v) is 10.8. The molecule has 2 aliphatic rings. The van der Waals surface area contributed by atoms with Crippen molar-refractivity contribution in [2.45, 2.75) is 19.3 Å². The van der Waals surface area contributed by atoms with E-state index in [1.807, 2.05) is 0 Å². The van der Waals surface area contributed by atoms with E-state index < -0.39 is 16.9 Å². The predicted octanol–water partition coefficient (Wildman–Crippen LogP) is 0.214. The molecule has 0 spiro atoms. The number of hydrogen-bond acceptors (Lipinski definition) is 4. The third-order valence-corrected chi connectivity index (χ3v) is 4.26. The average molecular weight is 280 g/mol. The van der Waals surface area contributed by atoms with Crippen molar-refractivity contribution >= 4 is 33.5 Å². The monoisotopic (exact) mass is 280 g/mol. The SMILES string of the molecule is O=C1C=C(n2cc(NC(=O)C3CCC3)cn2)S(=O)N1. The van der Waals surface area contributed by atoms with Gasteiger partial charge in [0.15, 0.2) is 16.0 Å². The Labute approximate surface area is 111 Å². The van der Waals surface area contributed by atoms with Gasteiger partial charge in [-0.2, -0.15) is 5.10 Å². The minimum Gasteiger partial charge on any atom is -0.323 e. The molecule has 8 heteroatoms. The Balaban J connectivity index is 1.72. The molecule has 100 valence electrons. The molecule has 1 fully saturated rings. The lowest BCUT2D eigenvalue weighted by atomic mass is 9.85. The van der Waals surface area contributed by atoms with Crippen molar-refractivity contribution in [1.82, 2.24) is 14.5 Å². The van der Waals surface area contributed by atoms with Crippen molar-refractivity contribution in [2.75, 3.05) is 5.32 Å². The molecule has 1 aromatic heterocycles. The number of anilines is 1. The van der Waals surface area contributed by atoms with Gasteiger partial charge in [0.2, 0.25) is 5.91 Å². The Kier molecular flexibility index (Phi) is 2.94. The number of nitrogens with one attached hydrogen (secondary N) is 2. The van der Waals surface area contributed by atoms with Gasteiger partial charge in [-0.1, -0.05) is 6.42 Å². The molecule has 2 heterocycles. The van der Waals surface area contributed by atoms with Crippen molar-refractivity contribution in [3.05, 3.63) is 18.5 Å². The first kappa shape index (κ1) is 12.1. The Morgan fingerprint density at radius 1 is 1.53 bits per heavy atom. The molecule has 1 saturated carbocycles. The van der Waals surface area contributed by atoms with Crippen LogP contribution in [0.1, 0.15) is 19.3 Å². The van der Waals surface area contributed by atoms with E-state index in [1.165, 1.54) is 17.0 Å².